The molecule has 0 unspecified atom stereocenters. The Kier molecular flexibility index (Phi) is 2.94. The van der Waals surface area contributed by atoms with E-state index in [0.717, 1.165) is 18.5 Å². The first-order valence-electron chi connectivity index (χ1n) is 4.20. The molecule has 1 N–H and O–H groups in total. The van der Waals surface area contributed by atoms with E-state index in [1.165, 1.54) is 19.3 Å². The molecule has 0 aromatic rings. The second-order valence-electron chi connectivity index (χ2n) is 3.21. The van der Waals surface area contributed by atoms with Gasteiger partial charge in [0.15, 0.2) is 0 Å². The SMILES string of the molecule is C=CCC[C@H]1CC[C@@H](C)N1. The van der Waals surface area contributed by atoms with Crippen molar-refractivity contribution >= 4 is 0 Å². The minimum Gasteiger partial charge on any atom is -0.311 e. The van der Waals surface area contributed by atoms with E-state index in [9.17, 15) is 0 Å². The highest BCUT2D eigenvalue weighted by atomic mass is 15.0. The third-order valence-corrected chi connectivity index (χ3v) is 2.19. The second kappa shape index (κ2) is 3.77. The van der Waals surface area contributed by atoms with E-state index in [4.69, 9.17) is 0 Å². The zero-order valence-electron chi connectivity index (χ0n) is 6.77. The van der Waals surface area contributed by atoms with Crippen LogP contribution in [0, 0.1) is 0 Å². The lowest BCUT2D eigenvalue weighted by atomic mass is 10.1. The molecule has 10 heavy (non-hydrogen) atoms. The molecule has 0 aromatic carbocycles. The maximum Gasteiger partial charge on any atom is 0.00730 e. The zero-order valence-corrected chi connectivity index (χ0v) is 6.77. The number of nitrogens with one attached hydrogen (secondary N) is 1. The van der Waals surface area contributed by atoms with Gasteiger partial charge in [0, 0.05) is 12.1 Å². The summed E-state index contributed by atoms with van der Waals surface area (Å²) in [6, 6.07) is 1.52. The fraction of sp³-hybridized carbons (Fsp3) is 0.778. The maximum absolute atomic E-state index is 3.71. The molecule has 1 heteroatoms. The molecule has 1 nitrogen and oxygen atoms in total. The molecule has 0 bridgehead atoms. The normalized spacial score (nSPS) is 32.5. The summed E-state index contributed by atoms with van der Waals surface area (Å²) in [5, 5.41) is 3.54. The topological polar surface area (TPSA) is 12.0 Å². The van der Waals surface area contributed by atoms with Gasteiger partial charge in [-0.25, -0.2) is 0 Å². The average molecular weight is 139 g/mol. The Hall–Kier alpha value is -0.300. The lowest BCUT2D eigenvalue weighted by Gasteiger charge is -2.08. The molecule has 1 aliphatic rings. The molecular formula is C9H17N. The van der Waals surface area contributed by atoms with E-state index >= 15 is 0 Å². The lowest BCUT2D eigenvalue weighted by molar-refractivity contribution is 0.531. The number of allylic oxidation sites excluding steroid dienone is 1. The van der Waals surface area contributed by atoms with Gasteiger partial charge in [0.2, 0.25) is 0 Å². The van der Waals surface area contributed by atoms with Crippen LogP contribution >= 0.6 is 0 Å². The molecule has 58 valence electrons. The van der Waals surface area contributed by atoms with Gasteiger partial charge in [-0.3, -0.25) is 0 Å². The first kappa shape index (κ1) is 7.80. The van der Waals surface area contributed by atoms with Gasteiger partial charge in [-0.15, -0.1) is 6.58 Å². The predicted molar refractivity (Wildman–Crippen MR) is 45.1 cm³/mol. The molecule has 0 aromatic heterocycles. The van der Waals surface area contributed by atoms with Crippen molar-refractivity contribution in [1.82, 2.24) is 5.32 Å². The van der Waals surface area contributed by atoms with Crippen molar-refractivity contribution in [3.63, 3.8) is 0 Å². The van der Waals surface area contributed by atoms with E-state index in [0.29, 0.717) is 0 Å². The van der Waals surface area contributed by atoms with E-state index in [1.54, 1.807) is 0 Å². The molecule has 0 aliphatic carbocycles. The van der Waals surface area contributed by atoms with Gasteiger partial charge in [-0.1, -0.05) is 6.08 Å². The number of hydrogen-bond donors (Lipinski definition) is 1. The van der Waals surface area contributed by atoms with E-state index in [-0.39, 0.29) is 0 Å². The number of hydrogen-bond acceptors (Lipinski definition) is 1. The van der Waals surface area contributed by atoms with Crippen LogP contribution in [0.25, 0.3) is 0 Å². The van der Waals surface area contributed by atoms with Crippen LogP contribution < -0.4 is 5.32 Å². The third-order valence-electron chi connectivity index (χ3n) is 2.19. The Bertz CT molecular complexity index is 109. The Morgan fingerprint density at radius 3 is 2.90 bits per heavy atom. The van der Waals surface area contributed by atoms with Crippen LogP contribution in [0.1, 0.15) is 32.6 Å². The smallest absolute Gasteiger partial charge is 0.00730 e. The van der Waals surface area contributed by atoms with Crippen LogP contribution in [0.3, 0.4) is 0 Å². The zero-order chi connectivity index (χ0) is 7.40. The fourth-order valence-electron chi connectivity index (χ4n) is 1.57. The van der Waals surface area contributed by atoms with Crippen molar-refractivity contribution in [1.29, 1.82) is 0 Å². The largest absolute Gasteiger partial charge is 0.311 e. The summed E-state index contributed by atoms with van der Waals surface area (Å²) >= 11 is 0. The predicted octanol–water partition coefficient (Wildman–Crippen LogP) is 2.09. The minimum absolute atomic E-state index is 0.745. The van der Waals surface area contributed by atoms with Gasteiger partial charge in [0.25, 0.3) is 0 Å². The highest BCUT2D eigenvalue weighted by Gasteiger charge is 2.18. The van der Waals surface area contributed by atoms with Crippen LogP contribution in [0.2, 0.25) is 0 Å². The van der Waals surface area contributed by atoms with Crippen LogP contribution in [0.5, 0.6) is 0 Å². The van der Waals surface area contributed by atoms with Gasteiger partial charge in [0.05, 0.1) is 0 Å². The van der Waals surface area contributed by atoms with Gasteiger partial charge in [0.1, 0.15) is 0 Å². The Balaban J connectivity index is 2.12. The summed E-state index contributed by atoms with van der Waals surface area (Å²) < 4.78 is 0. The monoisotopic (exact) mass is 139 g/mol. The third kappa shape index (κ3) is 2.14. The van der Waals surface area contributed by atoms with E-state index in [2.05, 4.69) is 18.8 Å². The molecule has 0 saturated carbocycles. The highest BCUT2D eigenvalue weighted by Crippen LogP contribution is 2.15. The molecule has 1 saturated heterocycles. The highest BCUT2D eigenvalue weighted by molar-refractivity contribution is 4.82. The Labute approximate surface area is 63.5 Å². The van der Waals surface area contributed by atoms with Gasteiger partial charge in [-0.2, -0.15) is 0 Å². The first-order chi connectivity index (χ1) is 4.83. The van der Waals surface area contributed by atoms with Crippen LogP contribution in [-0.2, 0) is 0 Å². The minimum atomic E-state index is 0.745. The summed E-state index contributed by atoms with van der Waals surface area (Å²) in [4.78, 5) is 0. The van der Waals surface area contributed by atoms with Gasteiger partial charge in [-0.05, 0) is 32.6 Å². The molecule has 1 rings (SSSR count). The molecule has 1 aliphatic heterocycles. The molecule has 0 spiro atoms. The van der Waals surface area contributed by atoms with Gasteiger partial charge >= 0.3 is 0 Å². The van der Waals surface area contributed by atoms with Crippen LogP contribution in [-0.4, -0.2) is 12.1 Å². The molecule has 0 amide bonds. The Morgan fingerprint density at radius 2 is 2.40 bits per heavy atom. The fourth-order valence-corrected chi connectivity index (χ4v) is 1.57. The standard InChI is InChI=1S/C9H17N/c1-3-4-5-9-7-6-8(2)10-9/h3,8-10H,1,4-7H2,2H3/t8-,9+/m1/s1. The van der Waals surface area contributed by atoms with E-state index < -0.39 is 0 Å². The molecule has 1 heterocycles. The Morgan fingerprint density at radius 1 is 1.60 bits per heavy atom. The second-order valence-corrected chi connectivity index (χ2v) is 3.21. The van der Waals surface area contributed by atoms with Gasteiger partial charge < -0.3 is 5.32 Å². The summed E-state index contributed by atoms with van der Waals surface area (Å²) in [5.41, 5.74) is 0. The van der Waals surface area contributed by atoms with Crippen molar-refractivity contribution in [2.45, 2.75) is 44.7 Å². The number of rotatable bonds is 3. The lowest BCUT2D eigenvalue weighted by Crippen LogP contribution is -2.26. The summed E-state index contributed by atoms with van der Waals surface area (Å²) in [5.74, 6) is 0. The van der Waals surface area contributed by atoms with Crippen molar-refractivity contribution in [2.75, 3.05) is 0 Å². The summed E-state index contributed by atoms with van der Waals surface area (Å²) in [7, 11) is 0. The summed E-state index contributed by atoms with van der Waals surface area (Å²) in [6.45, 7) is 5.97. The molecule has 2 atom stereocenters. The average Bonchev–Trinajstić information content (AvgIpc) is 2.31. The van der Waals surface area contributed by atoms with Crippen molar-refractivity contribution in [2.24, 2.45) is 0 Å². The maximum atomic E-state index is 3.71. The molecular weight excluding hydrogens is 122 g/mol. The first-order valence-corrected chi connectivity index (χ1v) is 4.20. The quantitative estimate of drug-likeness (QED) is 0.590. The van der Waals surface area contributed by atoms with Crippen LogP contribution in [0.4, 0.5) is 0 Å². The van der Waals surface area contributed by atoms with Crippen molar-refractivity contribution < 1.29 is 0 Å². The van der Waals surface area contributed by atoms with Crippen molar-refractivity contribution in [3.05, 3.63) is 12.7 Å². The van der Waals surface area contributed by atoms with Crippen LogP contribution in [0.15, 0.2) is 12.7 Å². The molecule has 0 radical (unpaired) electrons. The molecule has 1 fully saturated rings. The summed E-state index contributed by atoms with van der Waals surface area (Å²) in [6.07, 6.45) is 7.14. The van der Waals surface area contributed by atoms with E-state index in [1.807, 2.05) is 6.08 Å². The van der Waals surface area contributed by atoms with Crippen molar-refractivity contribution in [3.8, 4) is 0 Å².